The standard InChI is InChI=1S/C16H29N5O/c1-10-3-2-4-11-7-12(19-15(10)11)16(22)20-13-9-21-6-5-17-14(21)8-18-13/h10-15,17-19H,2-9H2,1H3,(H,20,22). The van der Waals surface area contributed by atoms with Crippen molar-refractivity contribution >= 4 is 5.91 Å². The second-order valence-corrected chi connectivity index (χ2v) is 7.58. The Bertz CT molecular complexity index is 431. The Morgan fingerprint density at radius 1 is 1.27 bits per heavy atom. The lowest BCUT2D eigenvalue weighted by atomic mass is 9.78. The molecular formula is C16H29N5O. The van der Waals surface area contributed by atoms with Crippen molar-refractivity contribution in [1.29, 1.82) is 0 Å². The van der Waals surface area contributed by atoms with Crippen molar-refractivity contribution < 1.29 is 4.79 Å². The topological polar surface area (TPSA) is 68.4 Å². The predicted molar refractivity (Wildman–Crippen MR) is 85.1 cm³/mol. The maximum Gasteiger partial charge on any atom is 0.238 e. The molecule has 3 aliphatic heterocycles. The highest BCUT2D eigenvalue weighted by molar-refractivity contribution is 5.82. The Morgan fingerprint density at radius 2 is 2.18 bits per heavy atom. The first-order valence-electron chi connectivity index (χ1n) is 8.98. The minimum absolute atomic E-state index is 0.00627. The van der Waals surface area contributed by atoms with Gasteiger partial charge in [-0.1, -0.05) is 13.3 Å². The molecule has 6 heteroatoms. The zero-order chi connectivity index (χ0) is 15.1. The van der Waals surface area contributed by atoms with Crippen molar-refractivity contribution in [3.8, 4) is 0 Å². The van der Waals surface area contributed by atoms with Gasteiger partial charge in [0.25, 0.3) is 0 Å². The number of piperazine rings is 1. The molecule has 0 bridgehead atoms. The largest absolute Gasteiger partial charge is 0.338 e. The molecule has 1 saturated carbocycles. The van der Waals surface area contributed by atoms with Crippen LogP contribution in [0.4, 0.5) is 0 Å². The SMILES string of the molecule is CC1CCCC2CC(C(=O)NC3CN4CCNC4CN3)NC12. The summed E-state index contributed by atoms with van der Waals surface area (Å²) in [7, 11) is 0. The van der Waals surface area contributed by atoms with Gasteiger partial charge in [0.2, 0.25) is 5.91 Å². The molecule has 0 spiro atoms. The van der Waals surface area contributed by atoms with Crippen molar-refractivity contribution in [2.45, 2.75) is 57.0 Å². The van der Waals surface area contributed by atoms with E-state index in [1.165, 1.54) is 19.3 Å². The van der Waals surface area contributed by atoms with E-state index in [1.54, 1.807) is 0 Å². The van der Waals surface area contributed by atoms with Gasteiger partial charge in [-0.2, -0.15) is 0 Å². The molecular weight excluding hydrogens is 278 g/mol. The van der Waals surface area contributed by atoms with Gasteiger partial charge in [-0.15, -0.1) is 0 Å². The molecule has 4 rings (SSSR count). The van der Waals surface area contributed by atoms with Crippen LogP contribution in [0.3, 0.4) is 0 Å². The summed E-state index contributed by atoms with van der Waals surface area (Å²) in [5.74, 6) is 1.59. The number of carbonyl (C=O) groups excluding carboxylic acids is 1. The Morgan fingerprint density at radius 3 is 3.05 bits per heavy atom. The summed E-state index contributed by atoms with van der Waals surface area (Å²) in [6.07, 6.45) is 5.46. The van der Waals surface area contributed by atoms with E-state index in [2.05, 4.69) is 33.1 Å². The molecule has 3 saturated heterocycles. The summed E-state index contributed by atoms with van der Waals surface area (Å²) >= 11 is 0. The fourth-order valence-electron chi connectivity index (χ4n) is 4.88. The second-order valence-electron chi connectivity index (χ2n) is 7.58. The number of carbonyl (C=O) groups is 1. The van der Waals surface area contributed by atoms with Gasteiger partial charge in [-0.3, -0.25) is 20.3 Å². The van der Waals surface area contributed by atoms with Crippen LogP contribution in [0.5, 0.6) is 0 Å². The summed E-state index contributed by atoms with van der Waals surface area (Å²) in [5.41, 5.74) is 0. The van der Waals surface area contributed by atoms with Crippen LogP contribution in [0.1, 0.15) is 32.6 Å². The monoisotopic (exact) mass is 307 g/mol. The number of hydrogen-bond acceptors (Lipinski definition) is 5. The van der Waals surface area contributed by atoms with Crippen LogP contribution in [-0.4, -0.2) is 61.4 Å². The first-order chi connectivity index (χ1) is 10.7. The van der Waals surface area contributed by atoms with Gasteiger partial charge >= 0.3 is 0 Å². The number of rotatable bonds is 2. The highest BCUT2D eigenvalue weighted by Crippen LogP contribution is 2.36. The molecule has 22 heavy (non-hydrogen) atoms. The summed E-state index contributed by atoms with van der Waals surface area (Å²) < 4.78 is 0. The zero-order valence-corrected chi connectivity index (χ0v) is 13.5. The Kier molecular flexibility index (Phi) is 4.11. The van der Waals surface area contributed by atoms with Crippen molar-refractivity contribution in [3.05, 3.63) is 0 Å². The molecule has 6 atom stereocenters. The average Bonchev–Trinajstić information content (AvgIpc) is 3.13. The fourth-order valence-corrected chi connectivity index (χ4v) is 4.88. The maximum atomic E-state index is 12.6. The summed E-state index contributed by atoms with van der Waals surface area (Å²) in [5, 5.41) is 13.7. The lowest BCUT2D eigenvalue weighted by Crippen LogP contribution is -2.63. The first-order valence-corrected chi connectivity index (χ1v) is 8.98. The molecule has 1 amide bonds. The zero-order valence-electron chi connectivity index (χ0n) is 13.5. The van der Waals surface area contributed by atoms with E-state index < -0.39 is 0 Å². The predicted octanol–water partition coefficient (Wildman–Crippen LogP) is -0.570. The van der Waals surface area contributed by atoms with E-state index in [0.29, 0.717) is 24.0 Å². The summed E-state index contributed by atoms with van der Waals surface area (Å²) in [6, 6.07) is 0.558. The maximum absolute atomic E-state index is 12.6. The molecule has 0 aromatic carbocycles. The molecule has 4 aliphatic rings. The van der Waals surface area contributed by atoms with E-state index >= 15 is 0 Å². The second kappa shape index (κ2) is 6.07. The van der Waals surface area contributed by atoms with Gasteiger partial charge in [0, 0.05) is 32.2 Å². The van der Waals surface area contributed by atoms with E-state index in [4.69, 9.17) is 0 Å². The van der Waals surface area contributed by atoms with Crippen LogP contribution < -0.4 is 21.3 Å². The summed E-state index contributed by atoms with van der Waals surface area (Å²) in [4.78, 5) is 15.0. The van der Waals surface area contributed by atoms with Crippen LogP contribution >= 0.6 is 0 Å². The lowest BCUT2D eigenvalue weighted by molar-refractivity contribution is -0.124. The summed E-state index contributed by atoms with van der Waals surface area (Å²) in [6.45, 7) is 6.28. The average molecular weight is 307 g/mol. The van der Waals surface area contributed by atoms with Gasteiger partial charge < -0.3 is 10.6 Å². The van der Waals surface area contributed by atoms with Crippen molar-refractivity contribution in [3.63, 3.8) is 0 Å². The Hall–Kier alpha value is -0.690. The van der Waals surface area contributed by atoms with Crippen LogP contribution in [0.2, 0.25) is 0 Å². The lowest BCUT2D eigenvalue weighted by Gasteiger charge is -2.36. The molecule has 0 aromatic rings. The molecule has 4 fully saturated rings. The molecule has 1 aliphatic carbocycles. The third-order valence-electron chi connectivity index (χ3n) is 6.11. The molecule has 4 N–H and O–H groups in total. The van der Waals surface area contributed by atoms with Crippen molar-refractivity contribution in [2.24, 2.45) is 11.8 Å². The van der Waals surface area contributed by atoms with E-state index in [0.717, 1.165) is 32.6 Å². The quantitative estimate of drug-likeness (QED) is 0.550. The van der Waals surface area contributed by atoms with E-state index in [-0.39, 0.29) is 18.1 Å². The molecule has 0 radical (unpaired) electrons. The van der Waals surface area contributed by atoms with Gasteiger partial charge in [-0.05, 0) is 31.1 Å². The van der Waals surface area contributed by atoms with E-state index in [9.17, 15) is 4.79 Å². The van der Waals surface area contributed by atoms with E-state index in [1.807, 2.05) is 0 Å². The molecule has 0 aromatic heterocycles. The number of amides is 1. The highest BCUT2D eigenvalue weighted by Gasteiger charge is 2.42. The normalized spacial score (nSPS) is 45.3. The molecule has 6 unspecified atom stereocenters. The van der Waals surface area contributed by atoms with Crippen LogP contribution in [0, 0.1) is 11.8 Å². The first kappa shape index (κ1) is 14.9. The fraction of sp³-hybridized carbons (Fsp3) is 0.938. The molecule has 6 nitrogen and oxygen atoms in total. The van der Waals surface area contributed by atoms with Crippen LogP contribution in [0.15, 0.2) is 0 Å². The van der Waals surface area contributed by atoms with Gasteiger partial charge in [0.15, 0.2) is 0 Å². The Balaban J connectivity index is 1.31. The number of fused-ring (bicyclic) bond motifs is 2. The van der Waals surface area contributed by atoms with Crippen LogP contribution in [-0.2, 0) is 4.79 Å². The van der Waals surface area contributed by atoms with Gasteiger partial charge in [0.05, 0.1) is 18.4 Å². The van der Waals surface area contributed by atoms with Gasteiger partial charge in [-0.25, -0.2) is 0 Å². The minimum atomic E-state index is 0.00627. The molecule has 124 valence electrons. The third kappa shape index (κ3) is 2.77. The molecule has 3 heterocycles. The van der Waals surface area contributed by atoms with Crippen molar-refractivity contribution in [2.75, 3.05) is 26.2 Å². The third-order valence-corrected chi connectivity index (χ3v) is 6.11. The Labute approximate surface area is 132 Å². The number of nitrogens with zero attached hydrogens (tertiary/aromatic N) is 1. The highest BCUT2D eigenvalue weighted by atomic mass is 16.2. The number of nitrogens with one attached hydrogen (secondary N) is 4. The van der Waals surface area contributed by atoms with Crippen LogP contribution in [0.25, 0.3) is 0 Å². The smallest absolute Gasteiger partial charge is 0.238 e. The van der Waals surface area contributed by atoms with Crippen molar-refractivity contribution in [1.82, 2.24) is 26.2 Å². The number of hydrogen-bond donors (Lipinski definition) is 4. The minimum Gasteiger partial charge on any atom is -0.338 e. The van der Waals surface area contributed by atoms with Gasteiger partial charge in [0.1, 0.15) is 0 Å².